The lowest BCUT2D eigenvalue weighted by molar-refractivity contribution is 0.155. The van der Waals surface area contributed by atoms with E-state index in [2.05, 4.69) is 10.5 Å². The van der Waals surface area contributed by atoms with Crippen LogP contribution in [0.3, 0.4) is 0 Å². The Morgan fingerprint density at radius 3 is 2.25 bits per heavy atom. The largest absolute Gasteiger partial charge is 0.450 e. The van der Waals surface area contributed by atoms with Crippen LogP contribution in [0.25, 0.3) is 0 Å². The van der Waals surface area contributed by atoms with Crippen LogP contribution in [-0.2, 0) is 4.74 Å². The SMILES string of the molecule is CC(C)O.CCCCOC(N)=O. The maximum atomic E-state index is 9.87. The predicted octanol–water partition coefficient (Wildman–Crippen LogP) is 1.27. The summed E-state index contributed by atoms with van der Waals surface area (Å²) >= 11 is 0. The molecule has 0 fully saturated rings. The molecule has 4 nitrogen and oxygen atoms in total. The molecule has 0 saturated heterocycles. The summed E-state index contributed by atoms with van der Waals surface area (Å²) in [7, 11) is 0. The van der Waals surface area contributed by atoms with Crippen molar-refractivity contribution < 1.29 is 14.6 Å². The lowest BCUT2D eigenvalue weighted by Crippen LogP contribution is -2.13. The third kappa shape index (κ3) is 34.9. The quantitative estimate of drug-likeness (QED) is 0.637. The summed E-state index contributed by atoms with van der Waals surface area (Å²) in [5.41, 5.74) is 4.67. The van der Waals surface area contributed by atoms with Crippen molar-refractivity contribution in [3.63, 3.8) is 0 Å². The van der Waals surface area contributed by atoms with E-state index in [-0.39, 0.29) is 6.10 Å². The highest BCUT2D eigenvalue weighted by Crippen LogP contribution is 1.85. The second kappa shape index (κ2) is 10.2. The van der Waals surface area contributed by atoms with E-state index < -0.39 is 6.09 Å². The fourth-order valence-corrected chi connectivity index (χ4v) is 0.317. The smallest absolute Gasteiger partial charge is 0.404 e. The van der Waals surface area contributed by atoms with E-state index in [1.54, 1.807) is 13.8 Å². The van der Waals surface area contributed by atoms with Gasteiger partial charge in [0.1, 0.15) is 0 Å². The number of aliphatic hydroxyl groups excluding tert-OH is 1. The third-order valence-electron chi connectivity index (χ3n) is 0.742. The van der Waals surface area contributed by atoms with E-state index in [1.807, 2.05) is 6.92 Å². The molecule has 1 amide bonds. The van der Waals surface area contributed by atoms with Crippen molar-refractivity contribution >= 4 is 6.09 Å². The third-order valence-corrected chi connectivity index (χ3v) is 0.742. The van der Waals surface area contributed by atoms with Gasteiger partial charge in [0.25, 0.3) is 0 Å². The van der Waals surface area contributed by atoms with Crippen molar-refractivity contribution in [3.8, 4) is 0 Å². The molecule has 0 saturated carbocycles. The number of primary amides is 1. The van der Waals surface area contributed by atoms with Gasteiger partial charge < -0.3 is 15.6 Å². The Labute approximate surface area is 73.7 Å². The maximum absolute atomic E-state index is 9.87. The molecule has 0 atom stereocenters. The summed E-state index contributed by atoms with van der Waals surface area (Å²) in [6, 6.07) is 0. The zero-order valence-electron chi connectivity index (χ0n) is 8.04. The fraction of sp³-hybridized carbons (Fsp3) is 0.875. The normalized spacial score (nSPS) is 8.75. The molecule has 12 heavy (non-hydrogen) atoms. The fourth-order valence-electron chi connectivity index (χ4n) is 0.317. The zero-order valence-corrected chi connectivity index (χ0v) is 8.04. The van der Waals surface area contributed by atoms with Crippen LogP contribution in [0.2, 0.25) is 0 Å². The highest BCUT2D eigenvalue weighted by atomic mass is 16.5. The topological polar surface area (TPSA) is 72.6 Å². The highest BCUT2D eigenvalue weighted by molar-refractivity contribution is 5.64. The van der Waals surface area contributed by atoms with Crippen LogP contribution in [0.1, 0.15) is 33.6 Å². The maximum Gasteiger partial charge on any atom is 0.404 e. The van der Waals surface area contributed by atoms with Gasteiger partial charge in [-0.25, -0.2) is 4.79 Å². The first-order valence-corrected chi connectivity index (χ1v) is 4.11. The van der Waals surface area contributed by atoms with Crippen molar-refractivity contribution in [1.82, 2.24) is 0 Å². The van der Waals surface area contributed by atoms with Gasteiger partial charge >= 0.3 is 6.09 Å². The van der Waals surface area contributed by atoms with E-state index in [0.717, 1.165) is 12.8 Å². The van der Waals surface area contributed by atoms with Crippen molar-refractivity contribution in [1.29, 1.82) is 0 Å². The number of hydrogen-bond acceptors (Lipinski definition) is 3. The van der Waals surface area contributed by atoms with E-state index >= 15 is 0 Å². The minimum atomic E-state index is -0.682. The van der Waals surface area contributed by atoms with Gasteiger partial charge in [-0.05, 0) is 20.3 Å². The number of rotatable bonds is 3. The molecule has 0 radical (unpaired) electrons. The lowest BCUT2D eigenvalue weighted by Gasteiger charge is -1.95. The monoisotopic (exact) mass is 177 g/mol. The van der Waals surface area contributed by atoms with E-state index in [9.17, 15) is 4.79 Å². The van der Waals surface area contributed by atoms with Gasteiger partial charge in [0.2, 0.25) is 0 Å². The second-order valence-corrected chi connectivity index (χ2v) is 2.61. The number of unbranched alkanes of at least 4 members (excludes halogenated alkanes) is 1. The van der Waals surface area contributed by atoms with Crippen LogP contribution >= 0.6 is 0 Å². The molecule has 0 unspecified atom stereocenters. The van der Waals surface area contributed by atoms with Crippen LogP contribution in [0.4, 0.5) is 4.79 Å². The first kappa shape index (κ1) is 13.8. The number of ether oxygens (including phenoxy) is 1. The summed E-state index contributed by atoms with van der Waals surface area (Å²) in [4.78, 5) is 9.87. The van der Waals surface area contributed by atoms with Gasteiger partial charge in [-0.1, -0.05) is 13.3 Å². The van der Waals surface area contributed by atoms with Crippen LogP contribution in [-0.4, -0.2) is 23.9 Å². The van der Waals surface area contributed by atoms with Gasteiger partial charge in [-0.15, -0.1) is 0 Å². The first-order chi connectivity index (χ1) is 5.50. The number of aliphatic hydroxyl groups is 1. The minimum absolute atomic E-state index is 0.167. The van der Waals surface area contributed by atoms with E-state index in [0.29, 0.717) is 6.61 Å². The molecular formula is C8H19NO3. The van der Waals surface area contributed by atoms with E-state index in [4.69, 9.17) is 5.11 Å². The Bertz CT molecular complexity index is 102. The highest BCUT2D eigenvalue weighted by Gasteiger charge is 1.88. The summed E-state index contributed by atoms with van der Waals surface area (Å²) < 4.78 is 4.42. The minimum Gasteiger partial charge on any atom is -0.450 e. The average molecular weight is 177 g/mol. The van der Waals surface area contributed by atoms with Crippen LogP contribution in [0.15, 0.2) is 0 Å². The average Bonchev–Trinajstić information content (AvgIpc) is 1.86. The Kier molecular flexibility index (Phi) is 11.8. The Balaban J connectivity index is 0. The lowest BCUT2D eigenvalue weighted by atomic mass is 10.4. The molecule has 74 valence electrons. The van der Waals surface area contributed by atoms with Crippen molar-refractivity contribution in [2.24, 2.45) is 5.73 Å². The molecule has 4 heteroatoms. The number of carbonyl (C=O) groups excluding carboxylic acids is 1. The number of carbonyl (C=O) groups is 1. The van der Waals surface area contributed by atoms with Gasteiger partial charge in [-0.3, -0.25) is 0 Å². The van der Waals surface area contributed by atoms with E-state index in [1.165, 1.54) is 0 Å². The van der Waals surface area contributed by atoms with Crippen LogP contribution in [0, 0.1) is 0 Å². The van der Waals surface area contributed by atoms with Crippen molar-refractivity contribution in [2.75, 3.05) is 6.61 Å². The molecule has 0 aromatic heterocycles. The van der Waals surface area contributed by atoms with Crippen LogP contribution in [0.5, 0.6) is 0 Å². The molecule has 0 aromatic rings. The van der Waals surface area contributed by atoms with Crippen molar-refractivity contribution in [3.05, 3.63) is 0 Å². The van der Waals surface area contributed by atoms with Gasteiger partial charge in [-0.2, -0.15) is 0 Å². The molecule has 0 spiro atoms. The summed E-state index contributed by atoms with van der Waals surface area (Å²) in [6.45, 7) is 5.91. The number of nitrogens with two attached hydrogens (primary N) is 1. The molecular weight excluding hydrogens is 158 g/mol. The van der Waals surface area contributed by atoms with Crippen LogP contribution < -0.4 is 5.73 Å². The zero-order chi connectivity index (χ0) is 9.98. The predicted molar refractivity (Wildman–Crippen MR) is 47.8 cm³/mol. The standard InChI is InChI=1S/C5H11NO2.C3H8O/c1-2-3-4-8-5(6)7;1-3(2)4/h2-4H2,1H3,(H2,6,7);3-4H,1-2H3. The molecule has 0 bridgehead atoms. The second-order valence-electron chi connectivity index (χ2n) is 2.61. The summed E-state index contributed by atoms with van der Waals surface area (Å²) in [5.74, 6) is 0. The van der Waals surface area contributed by atoms with Gasteiger partial charge in [0.15, 0.2) is 0 Å². The Morgan fingerprint density at radius 2 is 2.00 bits per heavy atom. The molecule has 0 aromatic carbocycles. The van der Waals surface area contributed by atoms with Gasteiger partial charge in [0, 0.05) is 6.10 Å². The molecule has 0 aliphatic carbocycles. The Morgan fingerprint density at radius 1 is 1.58 bits per heavy atom. The first-order valence-electron chi connectivity index (χ1n) is 4.11. The van der Waals surface area contributed by atoms with Crippen molar-refractivity contribution in [2.45, 2.75) is 39.7 Å². The number of amides is 1. The molecule has 0 rings (SSSR count). The molecule has 0 aliphatic heterocycles. The van der Waals surface area contributed by atoms with Gasteiger partial charge in [0.05, 0.1) is 6.61 Å². The molecule has 0 aliphatic rings. The summed E-state index contributed by atoms with van der Waals surface area (Å²) in [5, 5.41) is 8.06. The summed E-state index contributed by atoms with van der Waals surface area (Å²) in [6.07, 6.45) is 1.06. The number of hydrogen-bond donors (Lipinski definition) is 2. The molecule has 0 heterocycles. The Hall–Kier alpha value is -0.770. The molecule has 3 N–H and O–H groups in total.